The lowest BCUT2D eigenvalue weighted by Gasteiger charge is -2.40. The number of fused-ring (bicyclic) bond motifs is 1. The fourth-order valence-corrected chi connectivity index (χ4v) is 3.32. The number of rotatable bonds is 4. The zero-order chi connectivity index (χ0) is 12.5. The minimum atomic E-state index is -0.699. The molecule has 0 bridgehead atoms. The van der Waals surface area contributed by atoms with Crippen molar-refractivity contribution in [3.8, 4) is 0 Å². The zero-order valence-electron chi connectivity index (χ0n) is 10.9. The summed E-state index contributed by atoms with van der Waals surface area (Å²) < 4.78 is 0. The average molecular weight is 240 g/mol. The van der Waals surface area contributed by atoms with Gasteiger partial charge in [-0.1, -0.05) is 13.3 Å². The van der Waals surface area contributed by atoms with Crippen LogP contribution in [0.1, 0.15) is 46.0 Å². The first-order valence-electron chi connectivity index (χ1n) is 6.85. The van der Waals surface area contributed by atoms with Gasteiger partial charge in [-0.2, -0.15) is 0 Å². The molecule has 2 saturated heterocycles. The van der Waals surface area contributed by atoms with Crippen molar-refractivity contribution in [1.82, 2.24) is 10.2 Å². The second-order valence-electron chi connectivity index (χ2n) is 5.53. The lowest BCUT2D eigenvalue weighted by atomic mass is 9.84. The van der Waals surface area contributed by atoms with Crippen LogP contribution in [0.5, 0.6) is 0 Å². The third-order valence-corrected chi connectivity index (χ3v) is 4.47. The molecule has 3 unspecified atom stereocenters. The highest BCUT2D eigenvalue weighted by Crippen LogP contribution is 2.35. The maximum Gasteiger partial charge on any atom is 0.325 e. The molecule has 2 heterocycles. The van der Waals surface area contributed by atoms with Crippen molar-refractivity contribution in [1.29, 1.82) is 0 Å². The number of carboxylic acid groups (broad SMARTS) is 1. The number of nitrogens with zero attached hydrogens (tertiary/aromatic N) is 1. The molecule has 0 saturated carbocycles. The second kappa shape index (κ2) is 4.94. The number of aliphatic carboxylic acids is 1. The monoisotopic (exact) mass is 240 g/mol. The highest BCUT2D eigenvalue weighted by atomic mass is 16.4. The fraction of sp³-hybridized carbons (Fsp3) is 0.923. The SMILES string of the molecule is CCC(C)NC1(C(=O)O)CCN2CCCCC21. The Labute approximate surface area is 103 Å². The van der Waals surface area contributed by atoms with Crippen LogP contribution in [0, 0.1) is 0 Å². The Morgan fingerprint density at radius 2 is 2.29 bits per heavy atom. The van der Waals surface area contributed by atoms with Crippen molar-refractivity contribution in [2.24, 2.45) is 0 Å². The van der Waals surface area contributed by atoms with E-state index in [0.717, 1.165) is 32.4 Å². The van der Waals surface area contributed by atoms with Gasteiger partial charge in [0.15, 0.2) is 0 Å². The third kappa shape index (κ3) is 2.20. The second-order valence-corrected chi connectivity index (χ2v) is 5.53. The van der Waals surface area contributed by atoms with Crippen LogP contribution >= 0.6 is 0 Å². The molecule has 0 radical (unpaired) electrons. The molecule has 98 valence electrons. The Morgan fingerprint density at radius 1 is 1.53 bits per heavy atom. The summed E-state index contributed by atoms with van der Waals surface area (Å²) in [5.74, 6) is -0.660. The number of carboxylic acids is 1. The van der Waals surface area contributed by atoms with Crippen LogP contribution in [0.25, 0.3) is 0 Å². The summed E-state index contributed by atoms with van der Waals surface area (Å²) in [5.41, 5.74) is -0.699. The normalized spacial score (nSPS) is 35.5. The van der Waals surface area contributed by atoms with Crippen LogP contribution in [-0.2, 0) is 4.79 Å². The van der Waals surface area contributed by atoms with Gasteiger partial charge >= 0.3 is 5.97 Å². The molecular weight excluding hydrogens is 216 g/mol. The van der Waals surface area contributed by atoms with Crippen molar-refractivity contribution >= 4 is 5.97 Å². The number of carbonyl (C=O) groups is 1. The minimum absolute atomic E-state index is 0.197. The van der Waals surface area contributed by atoms with E-state index in [1.807, 2.05) is 0 Å². The van der Waals surface area contributed by atoms with Crippen molar-refractivity contribution in [3.63, 3.8) is 0 Å². The van der Waals surface area contributed by atoms with E-state index >= 15 is 0 Å². The summed E-state index contributed by atoms with van der Waals surface area (Å²) in [6, 6.07) is 0.468. The Balaban J connectivity index is 2.19. The summed E-state index contributed by atoms with van der Waals surface area (Å²) in [7, 11) is 0. The van der Waals surface area contributed by atoms with Gasteiger partial charge in [0, 0.05) is 18.6 Å². The van der Waals surface area contributed by atoms with Gasteiger partial charge in [-0.15, -0.1) is 0 Å². The van der Waals surface area contributed by atoms with E-state index in [2.05, 4.69) is 24.1 Å². The van der Waals surface area contributed by atoms with Crippen LogP contribution in [-0.4, -0.2) is 46.7 Å². The van der Waals surface area contributed by atoms with Crippen LogP contribution in [0.4, 0.5) is 0 Å². The largest absolute Gasteiger partial charge is 0.480 e. The highest BCUT2D eigenvalue weighted by molar-refractivity contribution is 5.80. The van der Waals surface area contributed by atoms with E-state index in [4.69, 9.17) is 0 Å². The van der Waals surface area contributed by atoms with Gasteiger partial charge in [0.05, 0.1) is 0 Å². The first-order chi connectivity index (χ1) is 8.10. The predicted octanol–water partition coefficient (Wildman–Crippen LogP) is 1.46. The van der Waals surface area contributed by atoms with E-state index in [1.165, 1.54) is 12.8 Å². The van der Waals surface area contributed by atoms with Crippen molar-refractivity contribution < 1.29 is 9.90 Å². The molecule has 0 aliphatic carbocycles. The third-order valence-electron chi connectivity index (χ3n) is 4.47. The maximum absolute atomic E-state index is 11.7. The molecule has 2 N–H and O–H groups in total. The van der Waals surface area contributed by atoms with Gasteiger partial charge in [-0.05, 0) is 39.2 Å². The van der Waals surface area contributed by atoms with Gasteiger partial charge in [-0.3, -0.25) is 15.0 Å². The van der Waals surface area contributed by atoms with Gasteiger partial charge in [0.1, 0.15) is 5.54 Å². The van der Waals surface area contributed by atoms with E-state index in [-0.39, 0.29) is 12.1 Å². The van der Waals surface area contributed by atoms with E-state index < -0.39 is 11.5 Å². The van der Waals surface area contributed by atoms with Crippen LogP contribution in [0.2, 0.25) is 0 Å². The first kappa shape index (κ1) is 12.8. The Morgan fingerprint density at radius 3 is 2.94 bits per heavy atom. The molecular formula is C13H24N2O2. The van der Waals surface area contributed by atoms with Gasteiger partial charge < -0.3 is 5.11 Å². The first-order valence-corrected chi connectivity index (χ1v) is 6.85. The number of hydrogen-bond donors (Lipinski definition) is 2. The van der Waals surface area contributed by atoms with Crippen LogP contribution in [0.3, 0.4) is 0 Å². The molecule has 0 spiro atoms. The molecule has 0 aromatic heterocycles. The zero-order valence-corrected chi connectivity index (χ0v) is 10.9. The maximum atomic E-state index is 11.7. The Bertz CT molecular complexity index is 295. The average Bonchev–Trinajstić information content (AvgIpc) is 2.70. The molecule has 4 heteroatoms. The summed E-state index contributed by atoms with van der Waals surface area (Å²) in [6.45, 7) is 6.18. The van der Waals surface area contributed by atoms with Gasteiger partial charge in [0.25, 0.3) is 0 Å². The molecule has 3 atom stereocenters. The molecule has 17 heavy (non-hydrogen) atoms. The van der Waals surface area contributed by atoms with Crippen LogP contribution < -0.4 is 5.32 Å². The number of nitrogens with one attached hydrogen (secondary N) is 1. The molecule has 0 amide bonds. The Hall–Kier alpha value is -0.610. The lowest BCUT2D eigenvalue weighted by molar-refractivity contribution is -0.147. The summed E-state index contributed by atoms with van der Waals surface area (Å²) in [4.78, 5) is 14.1. The van der Waals surface area contributed by atoms with Crippen molar-refractivity contribution in [2.75, 3.05) is 13.1 Å². The minimum Gasteiger partial charge on any atom is -0.480 e. The molecule has 2 aliphatic heterocycles. The predicted molar refractivity (Wildman–Crippen MR) is 67.1 cm³/mol. The van der Waals surface area contributed by atoms with Crippen molar-refractivity contribution in [3.05, 3.63) is 0 Å². The molecule has 2 aliphatic rings. The van der Waals surface area contributed by atoms with E-state index in [9.17, 15) is 9.90 Å². The smallest absolute Gasteiger partial charge is 0.325 e. The summed E-state index contributed by atoms with van der Waals surface area (Å²) >= 11 is 0. The standard InChI is InChI=1S/C13H24N2O2/c1-3-10(2)14-13(12(16)17)7-9-15-8-5-4-6-11(13)15/h10-11,14H,3-9H2,1-2H3,(H,16,17). The molecule has 4 nitrogen and oxygen atoms in total. The summed E-state index contributed by atoms with van der Waals surface area (Å²) in [6.07, 6.45) is 5.13. The number of hydrogen-bond acceptors (Lipinski definition) is 3. The molecule has 0 aromatic carbocycles. The van der Waals surface area contributed by atoms with E-state index in [0.29, 0.717) is 0 Å². The topological polar surface area (TPSA) is 52.6 Å². The van der Waals surface area contributed by atoms with E-state index in [1.54, 1.807) is 0 Å². The van der Waals surface area contributed by atoms with Gasteiger partial charge in [-0.25, -0.2) is 0 Å². The summed E-state index contributed by atoms with van der Waals surface area (Å²) in [5, 5.41) is 13.1. The van der Waals surface area contributed by atoms with Crippen LogP contribution in [0.15, 0.2) is 0 Å². The molecule has 2 fully saturated rings. The lowest BCUT2D eigenvalue weighted by Crippen LogP contribution is -2.62. The highest BCUT2D eigenvalue weighted by Gasteiger charge is 2.53. The number of piperidine rings is 1. The van der Waals surface area contributed by atoms with Gasteiger partial charge in [0.2, 0.25) is 0 Å². The quantitative estimate of drug-likeness (QED) is 0.781. The Kier molecular flexibility index (Phi) is 3.73. The molecule has 2 rings (SSSR count). The van der Waals surface area contributed by atoms with Crippen molar-refractivity contribution in [2.45, 2.75) is 63.6 Å². The molecule has 0 aromatic rings. The fourth-order valence-electron chi connectivity index (χ4n) is 3.32.